The number of carbonyl (C=O) groups is 2. The summed E-state index contributed by atoms with van der Waals surface area (Å²) in [6.07, 6.45) is 1.83. The molecular weight excluding hydrogens is 382 g/mol. The highest BCUT2D eigenvalue weighted by Gasteiger charge is 2.42. The van der Waals surface area contributed by atoms with Gasteiger partial charge in [0.15, 0.2) is 5.79 Å². The molecule has 28 heavy (non-hydrogen) atoms. The molecule has 148 valence electrons. The highest BCUT2D eigenvalue weighted by atomic mass is 32.1. The molecule has 1 fully saturated rings. The Balaban J connectivity index is 1.53. The molecule has 0 radical (unpaired) electrons. The van der Waals surface area contributed by atoms with E-state index in [9.17, 15) is 9.59 Å². The van der Waals surface area contributed by atoms with E-state index in [0.29, 0.717) is 54.5 Å². The number of benzene rings is 1. The number of urea groups is 1. The highest BCUT2D eigenvalue weighted by molar-refractivity contribution is 7.17. The molecule has 1 aliphatic heterocycles. The molecule has 4 rings (SSSR count). The lowest BCUT2D eigenvalue weighted by Gasteiger charge is -2.31. The zero-order chi connectivity index (χ0) is 19.7. The first-order valence-electron chi connectivity index (χ1n) is 8.94. The number of ether oxygens (including phenoxy) is 3. The molecule has 0 saturated carbocycles. The van der Waals surface area contributed by atoms with E-state index >= 15 is 0 Å². The topological polar surface area (TPSA) is 112 Å². The number of carbonyl (C=O) groups excluding carboxylic acids is 2. The van der Waals surface area contributed by atoms with Crippen LogP contribution in [0.25, 0.3) is 0 Å². The summed E-state index contributed by atoms with van der Waals surface area (Å²) < 4.78 is 16.7. The summed E-state index contributed by atoms with van der Waals surface area (Å²) in [5.41, 5.74) is 7.46. The number of amides is 3. The molecule has 1 aliphatic carbocycles. The number of hydrogen-bond acceptors (Lipinski definition) is 6. The van der Waals surface area contributed by atoms with Crippen LogP contribution in [0, 0.1) is 0 Å². The summed E-state index contributed by atoms with van der Waals surface area (Å²) >= 11 is 1.34. The summed E-state index contributed by atoms with van der Waals surface area (Å²) in [5.74, 6) is -0.477. The van der Waals surface area contributed by atoms with Crippen molar-refractivity contribution in [3.8, 4) is 5.75 Å². The van der Waals surface area contributed by atoms with Crippen molar-refractivity contribution < 1.29 is 23.8 Å². The first-order valence-corrected chi connectivity index (χ1v) is 9.76. The van der Waals surface area contributed by atoms with Crippen LogP contribution in [0.5, 0.6) is 5.75 Å². The molecule has 8 nitrogen and oxygen atoms in total. The van der Waals surface area contributed by atoms with E-state index in [1.807, 2.05) is 0 Å². The Bertz CT molecular complexity index is 903. The van der Waals surface area contributed by atoms with Gasteiger partial charge in [-0.2, -0.15) is 0 Å². The van der Waals surface area contributed by atoms with Gasteiger partial charge in [-0.25, -0.2) is 4.79 Å². The summed E-state index contributed by atoms with van der Waals surface area (Å²) in [6, 6.07) is 6.50. The molecule has 2 heterocycles. The molecular formula is C19H21N3O5S. The molecule has 3 amide bonds. The molecule has 1 aromatic carbocycles. The number of thiophene rings is 1. The third-order valence-corrected chi connectivity index (χ3v) is 6.06. The third-order valence-electron chi connectivity index (χ3n) is 4.91. The van der Waals surface area contributed by atoms with Gasteiger partial charge in [-0.05, 0) is 36.2 Å². The molecule has 1 aromatic heterocycles. The van der Waals surface area contributed by atoms with E-state index in [4.69, 9.17) is 19.9 Å². The van der Waals surface area contributed by atoms with Crippen molar-refractivity contribution in [2.24, 2.45) is 5.73 Å². The van der Waals surface area contributed by atoms with Crippen molar-refractivity contribution in [2.75, 3.05) is 31.0 Å². The van der Waals surface area contributed by atoms with Gasteiger partial charge in [0.1, 0.15) is 10.8 Å². The van der Waals surface area contributed by atoms with Crippen molar-refractivity contribution in [2.45, 2.75) is 25.0 Å². The first-order chi connectivity index (χ1) is 13.5. The molecule has 2 aliphatic rings. The van der Waals surface area contributed by atoms with Gasteiger partial charge < -0.3 is 25.3 Å². The van der Waals surface area contributed by atoms with Crippen LogP contribution in [-0.4, -0.2) is 38.0 Å². The standard InChI is InChI=1S/C19H21N3O5S/c1-25-12-4-2-11(3-5-12)21-18(24)22-17-15(16(20)23)13-6-7-19(10-14(13)28-17)26-8-9-27-19/h2-5H,6-10H2,1H3,(H2,20,23)(H2,21,22,24). The summed E-state index contributed by atoms with van der Waals surface area (Å²) in [5, 5.41) is 5.94. The molecule has 0 bridgehead atoms. The Hall–Kier alpha value is -2.62. The maximum atomic E-state index is 12.4. The average Bonchev–Trinajstić information content (AvgIpc) is 3.26. The normalized spacial score (nSPS) is 17.2. The molecule has 1 saturated heterocycles. The maximum absolute atomic E-state index is 12.4. The van der Waals surface area contributed by atoms with Crippen LogP contribution < -0.4 is 21.1 Å². The fourth-order valence-electron chi connectivity index (χ4n) is 3.60. The van der Waals surface area contributed by atoms with Crippen molar-refractivity contribution in [3.63, 3.8) is 0 Å². The zero-order valence-electron chi connectivity index (χ0n) is 15.4. The number of rotatable bonds is 4. The number of primary amides is 1. The quantitative estimate of drug-likeness (QED) is 0.727. The van der Waals surface area contributed by atoms with Gasteiger partial charge >= 0.3 is 6.03 Å². The monoisotopic (exact) mass is 403 g/mol. The lowest BCUT2D eigenvalue weighted by molar-refractivity contribution is -0.163. The van der Waals surface area contributed by atoms with Crippen molar-refractivity contribution in [1.82, 2.24) is 0 Å². The number of anilines is 2. The Kier molecular flexibility index (Phi) is 4.96. The van der Waals surface area contributed by atoms with E-state index in [1.54, 1.807) is 31.4 Å². The van der Waals surface area contributed by atoms with Crippen LogP contribution in [0.3, 0.4) is 0 Å². The van der Waals surface area contributed by atoms with E-state index < -0.39 is 17.7 Å². The number of hydrogen-bond donors (Lipinski definition) is 3. The zero-order valence-corrected chi connectivity index (χ0v) is 16.2. The van der Waals surface area contributed by atoms with Gasteiger partial charge in [0.2, 0.25) is 0 Å². The van der Waals surface area contributed by atoms with Crippen molar-refractivity contribution in [1.29, 1.82) is 0 Å². The van der Waals surface area contributed by atoms with Gasteiger partial charge in [0.25, 0.3) is 5.91 Å². The van der Waals surface area contributed by atoms with Crippen molar-refractivity contribution >= 4 is 34.0 Å². The predicted molar refractivity (Wildman–Crippen MR) is 105 cm³/mol. The smallest absolute Gasteiger partial charge is 0.324 e. The van der Waals surface area contributed by atoms with Crippen LogP contribution in [-0.2, 0) is 22.3 Å². The lowest BCUT2D eigenvalue weighted by Crippen LogP contribution is -2.36. The minimum Gasteiger partial charge on any atom is -0.497 e. The SMILES string of the molecule is COc1ccc(NC(=O)Nc2sc3c(c2C(N)=O)CCC2(C3)OCCO2)cc1. The number of fused-ring (bicyclic) bond motifs is 1. The fourth-order valence-corrected chi connectivity index (χ4v) is 4.94. The van der Waals surface area contributed by atoms with Gasteiger partial charge in [-0.3, -0.25) is 10.1 Å². The molecule has 0 unspecified atom stereocenters. The van der Waals surface area contributed by atoms with Gasteiger partial charge in [0.05, 0.1) is 25.9 Å². The van der Waals surface area contributed by atoms with E-state index in [1.165, 1.54) is 11.3 Å². The van der Waals surface area contributed by atoms with Crippen LogP contribution in [0.15, 0.2) is 24.3 Å². The van der Waals surface area contributed by atoms with Crippen LogP contribution in [0.2, 0.25) is 0 Å². The minimum atomic E-state index is -0.616. The largest absolute Gasteiger partial charge is 0.497 e. The van der Waals surface area contributed by atoms with E-state index in [2.05, 4.69) is 10.6 Å². The summed E-state index contributed by atoms with van der Waals surface area (Å²) in [7, 11) is 1.57. The van der Waals surface area contributed by atoms with Crippen LogP contribution in [0.4, 0.5) is 15.5 Å². The van der Waals surface area contributed by atoms with Gasteiger partial charge in [-0.15, -0.1) is 11.3 Å². The highest BCUT2D eigenvalue weighted by Crippen LogP contribution is 2.43. The molecule has 0 atom stereocenters. The summed E-state index contributed by atoms with van der Waals surface area (Å²) in [6.45, 7) is 1.14. The second kappa shape index (κ2) is 7.42. The Morgan fingerprint density at radius 1 is 1.18 bits per heavy atom. The van der Waals surface area contributed by atoms with Crippen LogP contribution in [0.1, 0.15) is 27.2 Å². The molecule has 1 spiro atoms. The van der Waals surface area contributed by atoms with Crippen LogP contribution >= 0.6 is 11.3 Å². The van der Waals surface area contributed by atoms with Crippen molar-refractivity contribution in [3.05, 3.63) is 40.3 Å². The molecule has 9 heteroatoms. The Morgan fingerprint density at radius 2 is 1.89 bits per heavy atom. The Labute approximate surface area is 166 Å². The lowest BCUT2D eigenvalue weighted by atomic mass is 9.90. The average molecular weight is 403 g/mol. The van der Waals surface area contributed by atoms with E-state index in [0.717, 1.165) is 10.4 Å². The molecule has 4 N–H and O–H groups in total. The second-order valence-corrected chi connectivity index (χ2v) is 7.77. The Morgan fingerprint density at radius 3 is 2.54 bits per heavy atom. The fraction of sp³-hybridized carbons (Fsp3) is 0.368. The number of nitrogens with one attached hydrogen (secondary N) is 2. The number of methoxy groups -OCH3 is 1. The van der Waals surface area contributed by atoms with E-state index in [-0.39, 0.29) is 0 Å². The minimum absolute atomic E-state index is 0.373. The third kappa shape index (κ3) is 3.56. The van der Waals surface area contributed by atoms with Gasteiger partial charge in [-0.1, -0.05) is 0 Å². The number of nitrogens with two attached hydrogens (primary N) is 1. The van der Waals surface area contributed by atoms with Gasteiger partial charge in [0, 0.05) is 23.4 Å². The predicted octanol–water partition coefficient (Wildman–Crippen LogP) is 2.73. The first kappa shape index (κ1) is 18.7. The molecule has 2 aromatic rings. The summed E-state index contributed by atoms with van der Waals surface area (Å²) in [4.78, 5) is 25.4. The second-order valence-electron chi connectivity index (χ2n) is 6.66. The maximum Gasteiger partial charge on any atom is 0.324 e.